The third-order valence-corrected chi connectivity index (χ3v) is 3.60. The van der Waals surface area contributed by atoms with Crippen molar-refractivity contribution in [1.29, 1.82) is 0 Å². The summed E-state index contributed by atoms with van der Waals surface area (Å²) >= 11 is 3.42. The van der Waals surface area contributed by atoms with Crippen LogP contribution in [0.15, 0.2) is 63.5 Å². The first-order valence-electron chi connectivity index (χ1n) is 5.99. The van der Waals surface area contributed by atoms with E-state index in [9.17, 15) is 4.79 Å². The van der Waals surface area contributed by atoms with E-state index in [1.807, 2.05) is 48.5 Å². The minimum Gasteiger partial charge on any atom is -0.452 e. The van der Waals surface area contributed by atoms with E-state index in [2.05, 4.69) is 15.9 Å². The molecule has 3 rings (SSSR count). The second-order valence-electron chi connectivity index (χ2n) is 4.35. The minimum absolute atomic E-state index is 0.00528. The van der Waals surface area contributed by atoms with E-state index in [0.717, 1.165) is 21.0 Å². The van der Waals surface area contributed by atoms with E-state index >= 15 is 0 Å². The Labute approximate surface area is 119 Å². The van der Waals surface area contributed by atoms with Crippen molar-refractivity contribution >= 4 is 32.7 Å². The highest BCUT2D eigenvalue weighted by Gasteiger charge is 2.14. The second kappa shape index (κ2) is 5.02. The monoisotopic (exact) mass is 314 g/mol. The summed E-state index contributed by atoms with van der Waals surface area (Å²) in [6, 6.07) is 17.2. The summed E-state index contributed by atoms with van der Waals surface area (Å²) in [6.07, 6.45) is 0.359. The molecule has 0 saturated heterocycles. The van der Waals surface area contributed by atoms with Crippen LogP contribution in [0.2, 0.25) is 0 Å². The summed E-state index contributed by atoms with van der Waals surface area (Å²) in [7, 11) is 0. The Bertz CT molecular complexity index is 729. The zero-order chi connectivity index (χ0) is 13.2. The molecule has 0 bridgehead atoms. The van der Waals surface area contributed by atoms with Gasteiger partial charge >= 0.3 is 0 Å². The molecule has 94 valence electrons. The topological polar surface area (TPSA) is 30.2 Å². The van der Waals surface area contributed by atoms with E-state index in [4.69, 9.17) is 4.42 Å². The zero-order valence-electron chi connectivity index (χ0n) is 10.1. The van der Waals surface area contributed by atoms with Crippen molar-refractivity contribution < 1.29 is 9.21 Å². The second-order valence-corrected chi connectivity index (χ2v) is 5.21. The molecule has 0 aliphatic carbocycles. The molecule has 19 heavy (non-hydrogen) atoms. The highest BCUT2D eigenvalue weighted by molar-refractivity contribution is 9.10. The number of fused-ring (bicyclic) bond motifs is 1. The smallest absolute Gasteiger partial charge is 0.202 e. The lowest BCUT2D eigenvalue weighted by atomic mass is 10.1. The summed E-state index contributed by atoms with van der Waals surface area (Å²) in [4.78, 5) is 12.2. The third-order valence-electron chi connectivity index (χ3n) is 2.98. The van der Waals surface area contributed by atoms with Crippen molar-refractivity contribution in [3.63, 3.8) is 0 Å². The average molecular weight is 315 g/mol. The van der Waals surface area contributed by atoms with E-state index in [0.29, 0.717) is 12.2 Å². The number of Topliss-reactive ketones (excluding diaryl/α,β-unsaturated/α-hetero) is 1. The highest BCUT2D eigenvalue weighted by atomic mass is 79.9. The quantitative estimate of drug-likeness (QED) is 0.660. The normalized spacial score (nSPS) is 10.8. The molecule has 0 atom stereocenters. The number of carbonyl (C=O) groups excluding carboxylic acids is 1. The van der Waals surface area contributed by atoms with Crippen molar-refractivity contribution in [1.82, 2.24) is 0 Å². The van der Waals surface area contributed by atoms with Gasteiger partial charge in [-0.15, -0.1) is 0 Å². The number of para-hydroxylation sites is 1. The van der Waals surface area contributed by atoms with Crippen molar-refractivity contribution in [2.24, 2.45) is 0 Å². The van der Waals surface area contributed by atoms with Crippen molar-refractivity contribution in [3.05, 3.63) is 70.4 Å². The molecule has 0 fully saturated rings. The molecule has 0 saturated carbocycles. The highest BCUT2D eigenvalue weighted by Crippen LogP contribution is 2.27. The number of furan rings is 1. The molecule has 0 unspecified atom stereocenters. The van der Waals surface area contributed by atoms with Gasteiger partial charge in [0, 0.05) is 11.8 Å². The van der Waals surface area contributed by atoms with E-state index < -0.39 is 0 Å². The van der Waals surface area contributed by atoms with Gasteiger partial charge in [0.15, 0.2) is 5.76 Å². The van der Waals surface area contributed by atoms with Crippen LogP contribution in [-0.2, 0) is 6.42 Å². The maximum atomic E-state index is 12.2. The number of carbonyl (C=O) groups is 1. The van der Waals surface area contributed by atoms with Gasteiger partial charge < -0.3 is 4.42 Å². The Morgan fingerprint density at radius 1 is 1.05 bits per heavy atom. The number of hydrogen-bond acceptors (Lipinski definition) is 2. The van der Waals surface area contributed by atoms with Gasteiger partial charge in [-0.05, 0) is 33.6 Å². The van der Waals surface area contributed by atoms with Crippen LogP contribution in [0.5, 0.6) is 0 Å². The summed E-state index contributed by atoms with van der Waals surface area (Å²) in [5, 5.41) is 0.936. The fraction of sp³-hybridized carbons (Fsp3) is 0.0625. The van der Waals surface area contributed by atoms with Gasteiger partial charge in [0.2, 0.25) is 5.78 Å². The molecule has 0 radical (unpaired) electrons. The Kier molecular flexibility index (Phi) is 3.22. The molecular formula is C16H11BrO2. The molecule has 3 aromatic rings. The van der Waals surface area contributed by atoms with Gasteiger partial charge in [0.1, 0.15) is 5.58 Å². The van der Waals surface area contributed by atoms with Crippen LogP contribution in [0.3, 0.4) is 0 Å². The molecular weight excluding hydrogens is 304 g/mol. The number of hydrogen-bond donors (Lipinski definition) is 0. The van der Waals surface area contributed by atoms with Crippen LogP contribution in [0.1, 0.15) is 16.1 Å². The Morgan fingerprint density at radius 3 is 2.58 bits per heavy atom. The van der Waals surface area contributed by atoms with E-state index in [1.54, 1.807) is 6.07 Å². The minimum atomic E-state index is -0.00528. The summed E-state index contributed by atoms with van der Waals surface area (Å²) in [5.41, 5.74) is 1.71. The standard InChI is InChI=1S/C16H11BrO2/c17-13-8-4-7-12-10-15(19-16(12)13)14(18)9-11-5-2-1-3-6-11/h1-8,10H,9H2. The fourth-order valence-electron chi connectivity index (χ4n) is 2.03. The summed E-state index contributed by atoms with van der Waals surface area (Å²) in [5.74, 6) is 0.403. The van der Waals surface area contributed by atoms with Gasteiger partial charge in [0.05, 0.1) is 4.47 Å². The third kappa shape index (κ3) is 2.47. The molecule has 0 spiro atoms. The first kappa shape index (κ1) is 12.2. The Hall–Kier alpha value is -1.87. The number of halogens is 1. The lowest BCUT2D eigenvalue weighted by Gasteiger charge is -1.97. The largest absolute Gasteiger partial charge is 0.452 e. The van der Waals surface area contributed by atoms with Crippen molar-refractivity contribution in [3.8, 4) is 0 Å². The molecule has 0 aliphatic heterocycles. The van der Waals surface area contributed by atoms with Crippen LogP contribution in [0.25, 0.3) is 11.0 Å². The van der Waals surface area contributed by atoms with E-state index in [1.165, 1.54) is 0 Å². The summed E-state index contributed by atoms with van der Waals surface area (Å²) < 4.78 is 6.50. The SMILES string of the molecule is O=C(Cc1ccccc1)c1cc2cccc(Br)c2o1. The number of rotatable bonds is 3. The molecule has 0 aliphatic rings. The molecule has 2 aromatic carbocycles. The molecule has 0 N–H and O–H groups in total. The summed E-state index contributed by atoms with van der Waals surface area (Å²) in [6.45, 7) is 0. The number of benzene rings is 2. The molecule has 0 amide bonds. The Morgan fingerprint density at radius 2 is 1.84 bits per heavy atom. The van der Waals surface area contributed by atoms with Crippen molar-refractivity contribution in [2.75, 3.05) is 0 Å². The van der Waals surface area contributed by atoms with Crippen LogP contribution in [-0.4, -0.2) is 5.78 Å². The van der Waals surface area contributed by atoms with Crippen LogP contribution in [0.4, 0.5) is 0 Å². The first-order chi connectivity index (χ1) is 9.24. The molecule has 1 aromatic heterocycles. The van der Waals surface area contributed by atoms with Gasteiger partial charge in [-0.3, -0.25) is 4.79 Å². The first-order valence-corrected chi connectivity index (χ1v) is 6.78. The maximum Gasteiger partial charge on any atom is 0.202 e. The Balaban J connectivity index is 1.92. The molecule has 1 heterocycles. The fourth-order valence-corrected chi connectivity index (χ4v) is 2.50. The van der Waals surface area contributed by atoms with Crippen LogP contribution in [0, 0.1) is 0 Å². The average Bonchev–Trinajstić information content (AvgIpc) is 2.85. The van der Waals surface area contributed by atoms with Crippen LogP contribution >= 0.6 is 15.9 Å². The van der Waals surface area contributed by atoms with Crippen molar-refractivity contribution in [2.45, 2.75) is 6.42 Å². The molecule has 2 nitrogen and oxygen atoms in total. The van der Waals surface area contributed by atoms with Gasteiger partial charge in [-0.25, -0.2) is 0 Å². The lowest BCUT2D eigenvalue weighted by Crippen LogP contribution is -2.01. The molecule has 3 heteroatoms. The zero-order valence-corrected chi connectivity index (χ0v) is 11.7. The van der Waals surface area contributed by atoms with Gasteiger partial charge in [0.25, 0.3) is 0 Å². The predicted molar refractivity (Wildman–Crippen MR) is 78.4 cm³/mol. The van der Waals surface area contributed by atoms with E-state index in [-0.39, 0.29) is 5.78 Å². The van der Waals surface area contributed by atoms with Crippen LogP contribution < -0.4 is 0 Å². The van der Waals surface area contributed by atoms with Gasteiger partial charge in [-0.2, -0.15) is 0 Å². The van der Waals surface area contributed by atoms with Gasteiger partial charge in [-0.1, -0.05) is 42.5 Å². The predicted octanol–water partition coefficient (Wildman–Crippen LogP) is 4.62. The lowest BCUT2D eigenvalue weighted by molar-refractivity contribution is 0.0968. The number of ketones is 1. The maximum absolute atomic E-state index is 12.2.